The maximum atomic E-state index is 4.99. The molecule has 0 saturated heterocycles. The number of aromatic nitrogens is 4. The predicted molar refractivity (Wildman–Crippen MR) is 219 cm³/mol. The zero-order chi connectivity index (χ0) is 34.7. The van der Waals surface area contributed by atoms with E-state index in [0.717, 1.165) is 52.5 Å². The Labute approximate surface area is 307 Å². The van der Waals surface area contributed by atoms with Crippen molar-refractivity contribution in [1.29, 1.82) is 0 Å². The Morgan fingerprint density at radius 3 is 1.34 bits per heavy atom. The molecule has 8 bridgehead atoms. The van der Waals surface area contributed by atoms with Gasteiger partial charge in [-0.25, -0.2) is 0 Å². The highest BCUT2D eigenvalue weighted by molar-refractivity contribution is 7.71. The average Bonchev–Trinajstić information content (AvgIpc) is 3.05. The quantitative estimate of drug-likeness (QED) is 0.163. The number of hydrogen-bond donors (Lipinski definition) is 0. The molecule has 1 unspecified atom stereocenters. The summed E-state index contributed by atoms with van der Waals surface area (Å²) in [5.74, 6) is 5.63. The van der Waals surface area contributed by atoms with Crippen LogP contribution in [0.25, 0.3) is 0 Å². The second-order valence-electron chi connectivity index (χ2n) is 20.5. The van der Waals surface area contributed by atoms with Crippen LogP contribution in [0.2, 0.25) is 39.3 Å². The van der Waals surface area contributed by atoms with Crippen molar-refractivity contribution in [3.8, 4) is 0 Å². The van der Waals surface area contributed by atoms with Crippen molar-refractivity contribution >= 4 is 54.6 Å². The summed E-state index contributed by atoms with van der Waals surface area (Å²) in [6.07, 6.45) is 30.2. The predicted octanol–water partition coefficient (Wildman–Crippen LogP) is 8.49. The molecule has 1 atom stereocenters. The molecule has 11 rings (SSSR count). The first-order valence-electron chi connectivity index (χ1n) is 20.0. The molecule has 50 heavy (non-hydrogen) atoms. The Kier molecular flexibility index (Phi) is 8.33. The lowest BCUT2D eigenvalue weighted by Crippen LogP contribution is -2.65. The third kappa shape index (κ3) is 5.53. The van der Waals surface area contributed by atoms with E-state index in [0.29, 0.717) is 10.8 Å². The molecule has 8 aliphatic carbocycles. The van der Waals surface area contributed by atoms with Gasteiger partial charge in [0, 0.05) is 44.0 Å². The standard InChI is InChI=1S/C42H60N4P2Si2/c1-49(2,3)36-17-34(27-48(38-25-43-7-9-45-38)39-26-44-8-10-46-39)35(18-37(36)50(4,5)6)42(47,40-19-28-11-29(20-40)13-30(12-28)21-40)41-22-31-14-32(23-41)16-33(15-31)24-41/h7-10,17-18,25-26,28-33H,11-16,19-24,27,47H2,1-6H3. The van der Waals surface area contributed by atoms with Crippen molar-refractivity contribution in [2.45, 2.75) is 128 Å². The van der Waals surface area contributed by atoms with Gasteiger partial charge in [0.25, 0.3) is 0 Å². The monoisotopic (exact) mass is 738 g/mol. The van der Waals surface area contributed by atoms with Gasteiger partial charge >= 0.3 is 0 Å². The largest absolute Gasteiger partial charge is 0.261 e. The van der Waals surface area contributed by atoms with E-state index in [9.17, 15) is 0 Å². The fourth-order valence-electron chi connectivity index (χ4n) is 14.0. The van der Waals surface area contributed by atoms with Crippen molar-refractivity contribution in [2.24, 2.45) is 46.3 Å². The normalized spacial score (nSPS) is 35.5. The van der Waals surface area contributed by atoms with E-state index in [2.05, 4.69) is 70.6 Å². The summed E-state index contributed by atoms with van der Waals surface area (Å²) in [6.45, 7) is 15.7. The Morgan fingerprint density at radius 1 is 0.620 bits per heavy atom. The summed E-state index contributed by atoms with van der Waals surface area (Å²) >= 11 is 0. The molecule has 8 heteroatoms. The van der Waals surface area contributed by atoms with Gasteiger partial charge in [-0.05, 0) is 135 Å². The zero-order valence-corrected chi connectivity index (χ0v) is 35.6. The molecule has 2 heterocycles. The van der Waals surface area contributed by atoms with E-state index in [1.807, 2.05) is 37.2 Å². The molecule has 0 spiro atoms. The molecular weight excluding hydrogens is 679 g/mol. The fourth-order valence-corrected chi connectivity index (χ4v) is 22.2. The van der Waals surface area contributed by atoms with Crippen LogP contribution in [0.3, 0.4) is 0 Å². The Balaban J connectivity index is 1.32. The molecule has 8 aliphatic rings. The van der Waals surface area contributed by atoms with E-state index < -0.39 is 24.1 Å². The topological polar surface area (TPSA) is 51.6 Å². The third-order valence-electron chi connectivity index (χ3n) is 15.0. The molecular formula is C42H60N4P2Si2. The van der Waals surface area contributed by atoms with E-state index in [1.165, 1.54) is 77.0 Å². The van der Waals surface area contributed by atoms with E-state index in [4.69, 9.17) is 9.97 Å². The summed E-state index contributed by atoms with van der Waals surface area (Å²) in [4.78, 5) is 19.2. The first-order chi connectivity index (χ1) is 23.8. The van der Waals surface area contributed by atoms with Gasteiger partial charge in [-0.1, -0.05) is 61.8 Å². The molecule has 0 amide bonds. The van der Waals surface area contributed by atoms with Crippen molar-refractivity contribution in [3.63, 3.8) is 0 Å². The molecule has 0 N–H and O–H groups in total. The lowest BCUT2D eigenvalue weighted by Gasteiger charge is -2.72. The van der Waals surface area contributed by atoms with Gasteiger partial charge in [-0.2, -0.15) is 0 Å². The molecule has 4 nitrogen and oxygen atoms in total. The lowest BCUT2D eigenvalue weighted by molar-refractivity contribution is -0.158. The van der Waals surface area contributed by atoms with Crippen LogP contribution in [-0.4, -0.2) is 36.1 Å². The summed E-state index contributed by atoms with van der Waals surface area (Å²) in [5.41, 5.74) is 6.30. The van der Waals surface area contributed by atoms with Crippen LogP contribution in [-0.2, 0) is 11.3 Å². The Morgan fingerprint density at radius 2 is 1.00 bits per heavy atom. The molecule has 0 radical (unpaired) electrons. The van der Waals surface area contributed by atoms with Gasteiger partial charge in [0.05, 0.1) is 39.4 Å². The average molecular weight is 739 g/mol. The maximum Gasteiger partial charge on any atom is 0.0877 e. The highest BCUT2D eigenvalue weighted by Crippen LogP contribution is 2.78. The molecule has 2 aromatic heterocycles. The number of hydrogen-bond acceptors (Lipinski definition) is 4. The highest BCUT2D eigenvalue weighted by Gasteiger charge is 2.69. The number of benzene rings is 1. The van der Waals surface area contributed by atoms with Crippen LogP contribution in [0.4, 0.5) is 0 Å². The molecule has 266 valence electrons. The summed E-state index contributed by atoms with van der Waals surface area (Å²) in [5, 5.41) is 3.58. The second-order valence-corrected chi connectivity index (χ2v) is 33.5. The molecule has 8 saturated carbocycles. The van der Waals surface area contributed by atoms with Gasteiger partial charge in [-0.3, -0.25) is 19.9 Å². The van der Waals surface area contributed by atoms with Gasteiger partial charge in [-0.15, -0.1) is 9.24 Å². The maximum absolute atomic E-state index is 4.99. The van der Waals surface area contributed by atoms with Gasteiger partial charge < -0.3 is 0 Å². The van der Waals surface area contributed by atoms with Crippen molar-refractivity contribution in [2.75, 3.05) is 0 Å². The summed E-state index contributed by atoms with van der Waals surface area (Å²) in [7, 11) is -0.294. The Bertz CT molecular complexity index is 1600. The van der Waals surface area contributed by atoms with Gasteiger partial charge in [0.1, 0.15) is 0 Å². The van der Waals surface area contributed by atoms with E-state index in [1.54, 1.807) is 21.5 Å². The van der Waals surface area contributed by atoms with Crippen LogP contribution >= 0.6 is 17.2 Å². The fraction of sp³-hybridized carbons (Fsp3) is 0.667. The van der Waals surface area contributed by atoms with Crippen LogP contribution in [0.1, 0.15) is 88.2 Å². The zero-order valence-electron chi connectivity index (χ0n) is 31.6. The minimum atomic E-state index is -1.68. The first-order valence-corrected chi connectivity index (χ1v) is 29.1. The Hall–Kier alpha value is -1.33. The summed E-state index contributed by atoms with van der Waals surface area (Å²) in [6, 6.07) is 5.75. The number of nitrogens with zero attached hydrogens (tertiary/aromatic N) is 4. The lowest BCUT2D eigenvalue weighted by atomic mass is 9.37. The number of rotatable bonds is 9. The smallest absolute Gasteiger partial charge is 0.0877 e. The van der Waals surface area contributed by atoms with Crippen LogP contribution < -0.4 is 21.2 Å². The SMILES string of the molecule is C[Si](C)(C)c1cc(CP(c2cnccn2)c2cnccn2)c(C(P)(C23CC4CC(CC(C4)C2)C3)C23CC4CC(CC(C4)C2)C3)cc1[Si](C)(C)C. The molecule has 0 aliphatic heterocycles. The summed E-state index contributed by atoms with van der Waals surface area (Å²) < 4.78 is 0. The van der Waals surface area contributed by atoms with Crippen molar-refractivity contribution < 1.29 is 0 Å². The van der Waals surface area contributed by atoms with E-state index in [-0.39, 0.29) is 5.16 Å². The van der Waals surface area contributed by atoms with Gasteiger partial charge in [0.2, 0.25) is 0 Å². The van der Waals surface area contributed by atoms with Crippen LogP contribution in [0, 0.1) is 46.3 Å². The molecule has 1 aromatic carbocycles. The third-order valence-corrected chi connectivity index (χ3v) is 23.1. The second kappa shape index (κ2) is 12.1. The minimum Gasteiger partial charge on any atom is -0.261 e. The first kappa shape index (κ1) is 34.4. The van der Waals surface area contributed by atoms with E-state index >= 15 is 0 Å². The van der Waals surface area contributed by atoms with Crippen LogP contribution in [0.15, 0.2) is 49.3 Å². The minimum absolute atomic E-state index is 0.0967. The highest BCUT2D eigenvalue weighted by atomic mass is 31.1. The van der Waals surface area contributed by atoms with Crippen molar-refractivity contribution in [3.05, 3.63) is 60.4 Å². The molecule has 8 fully saturated rings. The van der Waals surface area contributed by atoms with Gasteiger partial charge in [0.15, 0.2) is 0 Å². The van der Waals surface area contributed by atoms with Crippen LogP contribution in [0.5, 0.6) is 0 Å². The van der Waals surface area contributed by atoms with Crippen molar-refractivity contribution in [1.82, 2.24) is 19.9 Å². The molecule has 3 aromatic rings.